The SMILES string of the molecule is CC(C)CCCC(C)CCOc1ccc(-c2nncs2)cc1C(F)(F)F. The molecule has 0 saturated heterocycles. The van der Waals surface area contributed by atoms with Crippen LogP contribution in [0.5, 0.6) is 5.75 Å². The Bertz CT molecular complexity index is 672. The maximum atomic E-state index is 13.4. The van der Waals surface area contributed by atoms with E-state index in [0.717, 1.165) is 25.3 Å². The molecule has 3 nitrogen and oxygen atoms in total. The minimum absolute atomic E-state index is 0.125. The Morgan fingerprint density at radius 2 is 1.88 bits per heavy atom. The first kappa shape index (κ1) is 20.7. The molecule has 0 radical (unpaired) electrons. The van der Waals surface area contributed by atoms with Crippen LogP contribution in [0.3, 0.4) is 0 Å². The van der Waals surface area contributed by atoms with E-state index >= 15 is 0 Å². The summed E-state index contributed by atoms with van der Waals surface area (Å²) in [5, 5.41) is 7.96. The number of aromatic nitrogens is 2. The van der Waals surface area contributed by atoms with Gasteiger partial charge in [0.2, 0.25) is 0 Å². The van der Waals surface area contributed by atoms with Crippen LogP contribution in [0.4, 0.5) is 13.2 Å². The minimum Gasteiger partial charge on any atom is -0.493 e. The van der Waals surface area contributed by atoms with Crippen LogP contribution in [0.2, 0.25) is 0 Å². The number of hydrogen-bond donors (Lipinski definition) is 0. The zero-order valence-corrected chi connectivity index (χ0v) is 16.2. The van der Waals surface area contributed by atoms with E-state index < -0.39 is 11.7 Å². The van der Waals surface area contributed by atoms with Crippen molar-refractivity contribution in [3.05, 3.63) is 29.3 Å². The average molecular weight is 386 g/mol. The second kappa shape index (κ2) is 9.35. The first-order chi connectivity index (χ1) is 12.3. The van der Waals surface area contributed by atoms with Crippen molar-refractivity contribution in [1.29, 1.82) is 0 Å². The van der Waals surface area contributed by atoms with Crippen LogP contribution < -0.4 is 4.74 Å². The Hall–Kier alpha value is -1.63. The molecule has 1 aromatic carbocycles. The molecule has 26 heavy (non-hydrogen) atoms. The number of alkyl halides is 3. The maximum absolute atomic E-state index is 13.4. The summed E-state index contributed by atoms with van der Waals surface area (Å²) in [6, 6.07) is 4.06. The van der Waals surface area contributed by atoms with Gasteiger partial charge in [-0.15, -0.1) is 10.2 Å². The monoisotopic (exact) mass is 386 g/mol. The van der Waals surface area contributed by atoms with Gasteiger partial charge in [-0.2, -0.15) is 13.2 Å². The summed E-state index contributed by atoms with van der Waals surface area (Å²) in [5.41, 5.74) is 1.13. The topological polar surface area (TPSA) is 35.0 Å². The molecule has 1 unspecified atom stereocenters. The molecule has 1 aromatic heterocycles. The van der Waals surface area contributed by atoms with Crippen molar-refractivity contribution in [1.82, 2.24) is 10.2 Å². The number of ether oxygens (including phenoxy) is 1. The third-order valence-electron chi connectivity index (χ3n) is 4.24. The van der Waals surface area contributed by atoms with Crippen molar-refractivity contribution in [3.63, 3.8) is 0 Å². The Kier molecular flexibility index (Phi) is 7.43. The number of rotatable bonds is 9. The van der Waals surface area contributed by atoms with Gasteiger partial charge in [-0.05, 0) is 36.5 Å². The number of benzene rings is 1. The van der Waals surface area contributed by atoms with E-state index in [1.165, 1.54) is 29.3 Å². The molecular formula is C19H25F3N2OS. The molecule has 0 aliphatic carbocycles. The minimum atomic E-state index is -4.47. The highest BCUT2D eigenvalue weighted by Gasteiger charge is 2.35. The quantitative estimate of drug-likeness (QED) is 0.496. The van der Waals surface area contributed by atoms with Crippen LogP contribution in [0.15, 0.2) is 23.7 Å². The van der Waals surface area contributed by atoms with Gasteiger partial charge in [0, 0.05) is 5.56 Å². The van der Waals surface area contributed by atoms with E-state index in [1.54, 1.807) is 6.07 Å². The van der Waals surface area contributed by atoms with Gasteiger partial charge in [0.1, 0.15) is 16.3 Å². The van der Waals surface area contributed by atoms with Gasteiger partial charge < -0.3 is 4.74 Å². The van der Waals surface area contributed by atoms with Gasteiger partial charge in [0.15, 0.2) is 0 Å². The fourth-order valence-corrected chi connectivity index (χ4v) is 3.25. The highest BCUT2D eigenvalue weighted by Crippen LogP contribution is 2.39. The fraction of sp³-hybridized carbons (Fsp3) is 0.579. The second-order valence-electron chi connectivity index (χ2n) is 7.02. The van der Waals surface area contributed by atoms with Crippen LogP contribution in [0.25, 0.3) is 10.6 Å². The molecule has 7 heteroatoms. The van der Waals surface area contributed by atoms with Gasteiger partial charge in [-0.3, -0.25) is 0 Å². The van der Waals surface area contributed by atoms with Crippen LogP contribution >= 0.6 is 11.3 Å². The summed E-state index contributed by atoms with van der Waals surface area (Å²) in [5.74, 6) is 0.989. The van der Waals surface area contributed by atoms with E-state index in [0.29, 0.717) is 22.4 Å². The van der Waals surface area contributed by atoms with Crippen molar-refractivity contribution in [2.24, 2.45) is 11.8 Å². The van der Waals surface area contributed by atoms with E-state index in [-0.39, 0.29) is 12.4 Å². The Labute approximate surface area is 156 Å². The summed E-state index contributed by atoms with van der Waals surface area (Å²) < 4.78 is 45.6. The standard InChI is InChI=1S/C19H25F3N2OS/c1-13(2)5-4-6-14(3)9-10-25-17-8-7-15(18-24-23-12-26-18)11-16(17)19(20,21)22/h7-8,11-14H,4-6,9-10H2,1-3H3. The molecule has 1 atom stereocenters. The summed E-state index contributed by atoms with van der Waals surface area (Å²) >= 11 is 1.20. The van der Waals surface area contributed by atoms with Crippen molar-refractivity contribution in [2.75, 3.05) is 6.61 Å². The zero-order valence-electron chi connectivity index (χ0n) is 15.3. The number of halogens is 3. The highest BCUT2D eigenvalue weighted by atomic mass is 32.1. The molecule has 0 saturated carbocycles. The molecule has 0 spiro atoms. The molecule has 1 heterocycles. The molecule has 0 amide bonds. The van der Waals surface area contributed by atoms with Gasteiger partial charge in [-0.25, -0.2) is 0 Å². The lowest BCUT2D eigenvalue weighted by molar-refractivity contribution is -0.138. The van der Waals surface area contributed by atoms with Crippen LogP contribution in [-0.2, 0) is 6.18 Å². The number of nitrogens with zero attached hydrogens (tertiary/aromatic N) is 2. The lowest BCUT2D eigenvalue weighted by atomic mass is 9.98. The zero-order chi connectivity index (χ0) is 19.2. The molecule has 0 N–H and O–H groups in total. The van der Waals surface area contributed by atoms with Gasteiger partial charge in [0.25, 0.3) is 0 Å². The van der Waals surface area contributed by atoms with Crippen molar-refractivity contribution < 1.29 is 17.9 Å². The summed E-state index contributed by atoms with van der Waals surface area (Å²) in [6.45, 7) is 6.78. The highest BCUT2D eigenvalue weighted by molar-refractivity contribution is 7.12. The Morgan fingerprint density at radius 3 is 2.50 bits per heavy atom. The summed E-state index contributed by atoms with van der Waals surface area (Å²) in [6.07, 6.45) is -0.338. The predicted molar refractivity (Wildman–Crippen MR) is 98.3 cm³/mol. The van der Waals surface area contributed by atoms with Crippen molar-refractivity contribution >= 4 is 11.3 Å². The first-order valence-electron chi connectivity index (χ1n) is 8.88. The third kappa shape index (κ3) is 6.27. The van der Waals surface area contributed by atoms with Gasteiger partial charge in [-0.1, -0.05) is 51.4 Å². The molecule has 0 fully saturated rings. The van der Waals surface area contributed by atoms with E-state index in [2.05, 4.69) is 31.0 Å². The van der Waals surface area contributed by atoms with Crippen LogP contribution in [0, 0.1) is 11.8 Å². The van der Waals surface area contributed by atoms with Crippen LogP contribution in [-0.4, -0.2) is 16.8 Å². The lowest BCUT2D eigenvalue weighted by Crippen LogP contribution is -2.11. The molecule has 0 bridgehead atoms. The van der Waals surface area contributed by atoms with E-state index in [1.807, 2.05) is 0 Å². The average Bonchev–Trinajstić information content (AvgIpc) is 3.08. The Balaban J connectivity index is 1.98. The predicted octanol–water partition coefficient (Wildman–Crippen LogP) is 6.46. The lowest BCUT2D eigenvalue weighted by Gasteiger charge is -2.17. The molecule has 144 valence electrons. The third-order valence-corrected chi connectivity index (χ3v) is 4.98. The maximum Gasteiger partial charge on any atom is 0.419 e. The van der Waals surface area contributed by atoms with Gasteiger partial charge >= 0.3 is 6.18 Å². The summed E-state index contributed by atoms with van der Waals surface area (Å²) in [4.78, 5) is 0. The van der Waals surface area contributed by atoms with E-state index in [4.69, 9.17) is 4.74 Å². The number of hydrogen-bond acceptors (Lipinski definition) is 4. The molecule has 0 aliphatic heterocycles. The van der Waals surface area contributed by atoms with Gasteiger partial charge in [0.05, 0.1) is 12.2 Å². The van der Waals surface area contributed by atoms with Crippen molar-refractivity contribution in [2.45, 2.75) is 52.6 Å². The largest absolute Gasteiger partial charge is 0.493 e. The van der Waals surface area contributed by atoms with E-state index in [9.17, 15) is 13.2 Å². The van der Waals surface area contributed by atoms with Crippen molar-refractivity contribution in [3.8, 4) is 16.3 Å². The molecule has 2 aromatic rings. The molecule has 0 aliphatic rings. The second-order valence-corrected chi connectivity index (χ2v) is 7.85. The van der Waals surface area contributed by atoms with Crippen LogP contribution in [0.1, 0.15) is 52.0 Å². The fourth-order valence-electron chi connectivity index (χ4n) is 2.70. The first-order valence-corrected chi connectivity index (χ1v) is 9.76. The Morgan fingerprint density at radius 1 is 1.12 bits per heavy atom. The molecule has 2 rings (SSSR count). The molecular weight excluding hydrogens is 361 g/mol. The smallest absolute Gasteiger partial charge is 0.419 e. The normalized spacial score (nSPS) is 13.2. The summed E-state index contributed by atoms with van der Waals surface area (Å²) in [7, 11) is 0.